The summed E-state index contributed by atoms with van der Waals surface area (Å²) in [6.45, 7) is 1.95. The molecular formula is C14H10Cl2N2O. The van der Waals surface area contributed by atoms with Crippen molar-refractivity contribution in [3.63, 3.8) is 0 Å². The van der Waals surface area contributed by atoms with E-state index in [0.29, 0.717) is 38.3 Å². The van der Waals surface area contributed by atoms with Crippen LogP contribution < -0.4 is 5.73 Å². The maximum atomic E-state index is 6.16. The summed E-state index contributed by atoms with van der Waals surface area (Å²) in [4.78, 5) is 4.42. The van der Waals surface area contributed by atoms with Crippen molar-refractivity contribution < 1.29 is 4.42 Å². The summed E-state index contributed by atoms with van der Waals surface area (Å²) in [7, 11) is 0. The molecular weight excluding hydrogens is 283 g/mol. The van der Waals surface area contributed by atoms with Crippen LogP contribution in [-0.2, 0) is 0 Å². The molecule has 0 aliphatic carbocycles. The summed E-state index contributed by atoms with van der Waals surface area (Å²) in [5, 5.41) is 0.886. The Labute approximate surface area is 119 Å². The van der Waals surface area contributed by atoms with Gasteiger partial charge in [0.2, 0.25) is 5.89 Å². The molecule has 0 amide bonds. The molecule has 3 rings (SSSR count). The molecule has 0 aliphatic rings. The van der Waals surface area contributed by atoms with Gasteiger partial charge in [0.15, 0.2) is 5.58 Å². The summed E-state index contributed by atoms with van der Waals surface area (Å²) >= 11 is 12.2. The summed E-state index contributed by atoms with van der Waals surface area (Å²) in [6.07, 6.45) is 0. The van der Waals surface area contributed by atoms with Crippen molar-refractivity contribution in [1.82, 2.24) is 4.98 Å². The number of nitrogens with zero attached hydrogens (tertiary/aromatic N) is 1. The quantitative estimate of drug-likeness (QED) is 0.662. The largest absolute Gasteiger partial charge is 0.434 e. The highest BCUT2D eigenvalue weighted by Crippen LogP contribution is 2.35. The molecule has 0 aliphatic heterocycles. The number of rotatable bonds is 1. The molecule has 2 N–H and O–H groups in total. The van der Waals surface area contributed by atoms with Crippen LogP contribution in [0.2, 0.25) is 10.0 Å². The molecule has 3 nitrogen and oxygen atoms in total. The van der Waals surface area contributed by atoms with E-state index in [-0.39, 0.29) is 0 Å². The summed E-state index contributed by atoms with van der Waals surface area (Å²) in [5.74, 6) is 0.416. The maximum Gasteiger partial charge on any atom is 0.228 e. The number of benzene rings is 2. The molecule has 0 unspecified atom stereocenters. The normalized spacial score (nSPS) is 11.1. The Balaban J connectivity index is 2.26. The lowest BCUT2D eigenvalue weighted by atomic mass is 10.2. The molecule has 1 aromatic heterocycles. The van der Waals surface area contributed by atoms with Gasteiger partial charge in [-0.3, -0.25) is 0 Å². The number of oxazole rings is 1. The van der Waals surface area contributed by atoms with Crippen molar-refractivity contribution in [2.24, 2.45) is 0 Å². The molecule has 0 bridgehead atoms. The second-order valence-corrected chi connectivity index (χ2v) is 5.11. The van der Waals surface area contributed by atoms with Crippen LogP contribution in [0.25, 0.3) is 22.6 Å². The third-order valence-corrected chi connectivity index (χ3v) is 3.66. The van der Waals surface area contributed by atoms with Crippen LogP contribution in [-0.4, -0.2) is 4.98 Å². The van der Waals surface area contributed by atoms with E-state index >= 15 is 0 Å². The number of nitrogen functional groups attached to an aromatic ring is 1. The van der Waals surface area contributed by atoms with E-state index in [1.807, 2.05) is 25.1 Å². The molecule has 0 spiro atoms. The number of fused-ring (bicyclic) bond motifs is 1. The van der Waals surface area contributed by atoms with E-state index in [1.54, 1.807) is 12.1 Å². The Hall–Kier alpha value is -1.71. The van der Waals surface area contributed by atoms with E-state index in [1.165, 1.54) is 0 Å². The fraction of sp³-hybridized carbons (Fsp3) is 0.0714. The number of anilines is 1. The van der Waals surface area contributed by atoms with Crippen LogP contribution in [0.4, 0.5) is 5.69 Å². The van der Waals surface area contributed by atoms with E-state index in [0.717, 1.165) is 5.56 Å². The fourth-order valence-corrected chi connectivity index (χ4v) is 2.37. The fourth-order valence-electron chi connectivity index (χ4n) is 1.99. The Morgan fingerprint density at radius 3 is 2.79 bits per heavy atom. The molecule has 96 valence electrons. The molecule has 0 radical (unpaired) electrons. The van der Waals surface area contributed by atoms with Crippen molar-refractivity contribution >= 4 is 40.0 Å². The van der Waals surface area contributed by atoms with Crippen molar-refractivity contribution in [3.05, 3.63) is 45.9 Å². The number of halogens is 2. The average molecular weight is 293 g/mol. The van der Waals surface area contributed by atoms with Gasteiger partial charge in [0.25, 0.3) is 0 Å². The smallest absolute Gasteiger partial charge is 0.228 e. The number of hydrogen-bond donors (Lipinski definition) is 1. The van der Waals surface area contributed by atoms with Crippen LogP contribution in [0.3, 0.4) is 0 Å². The first-order chi connectivity index (χ1) is 9.06. The van der Waals surface area contributed by atoms with Gasteiger partial charge in [0, 0.05) is 0 Å². The van der Waals surface area contributed by atoms with Crippen molar-refractivity contribution in [2.45, 2.75) is 6.92 Å². The predicted octanol–water partition coefficient (Wildman–Crippen LogP) is 4.69. The van der Waals surface area contributed by atoms with Gasteiger partial charge in [-0.25, -0.2) is 4.98 Å². The first kappa shape index (κ1) is 12.3. The highest BCUT2D eigenvalue weighted by atomic mass is 35.5. The lowest BCUT2D eigenvalue weighted by molar-refractivity contribution is 0.621. The summed E-state index contributed by atoms with van der Waals surface area (Å²) < 4.78 is 5.70. The third kappa shape index (κ3) is 2.05. The molecule has 0 saturated heterocycles. The zero-order chi connectivity index (χ0) is 13.6. The molecule has 3 aromatic rings. The number of nitrogens with two attached hydrogens (primary N) is 1. The van der Waals surface area contributed by atoms with E-state index < -0.39 is 0 Å². The molecule has 2 aromatic carbocycles. The van der Waals surface area contributed by atoms with Gasteiger partial charge in [-0.05, 0) is 36.8 Å². The van der Waals surface area contributed by atoms with E-state index in [2.05, 4.69) is 4.98 Å². The Bertz CT molecular complexity index is 780. The second-order valence-electron chi connectivity index (χ2n) is 4.32. The molecule has 0 atom stereocenters. The van der Waals surface area contributed by atoms with Crippen LogP contribution in [0, 0.1) is 6.92 Å². The zero-order valence-electron chi connectivity index (χ0n) is 10.1. The number of aryl methyl sites for hydroxylation is 1. The third-order valence-electron chi connectivity index (χ3n) is 2.85. The zero-order valence-corrected chi connectivity index (χ0v) is 11.6. The van der Waals surface area contributed by atoms with E-state index in [9.17, 15) is 0 Å². The lowest BCUT2D eigenvalue weighted by Crippen LogP contribution is -1.86. The van der Waals surface area contributed by atoms with E-state index in [4.69, 9.17) is 33.4 Å². The summed E-state index contributed by atoms with van der Waals surface area (Å²) in [6, 6.07) is 9.08. The monoisotopic (exact) mass is 292 g/mol. The SMILES string of the molecule is Cc1cc(N)c2oc(-c3cccc(Cl)c3Cl)nc2c1. The Morgan fingerprint density at radius 1 is 1.21 bits per heavy atom. The topological polar surface area (TPSA) is 52.0 Å². The highest BCUT2D eigenvalue weighted by Gasteiger charge is 2.15. The highest BCUT2D eigenvalue weighted by molar-refractivity contribution is 6.43. The van der Waals surface area contributed by atoms with Gasteiger partial charge in [-0.15, -0.1) is 0 Å². The Kier molecular flexibility index (Phi) is 2.88. The van der Waals surface area contributed by atoms with Gasteiger partial charge in [0.1, 0.15) is 5.52 Å². The summed E-state index contributed by atoms with van der Waals surface area (Å²) in [5.41, 5.74) is 9.45. The first-order valence-electron chi connectivity index (χ1n) is 5.67. The van der Waals surface area contributed by atoms with Crippen LogP contribution in [0.5, 0.6) is 0 Å². The number of aromatic nitrogens is 1. The second kappa shape index (κ2) is 4.44. The van der Waals surface area contributed by atoms with Gasteiger partial charge < -0.3 is 10.2 Å². The molecule has 19 heavy (non-hydrogen) atoms. The van der Waals surface area contributed by atoms with Crippen LogP contribution >= 0.6 is 23.2 Å². The standard InChI is InChI=1S/C14H10Cl2N2O/c1-7-5-10(17)13-11(6-7)18-14(19-13)8-3-2-4-9(15)12(8)16/h2-6H,17H2,1H3. The minimum atomic E-state index is 0.416. The maximum absolute atomic E-state index is 6.16. The van der Waals surface area contributed by atoms with Crippen LogP contribution in [0.1, 0.15) is 5.56 Å². The van der Waals surface area contributed by atoms with Gasteiger partial charge in [0.05, 0.1) is 21.3 Å². The molecule has 0 fully saturated rings. The van der Waals surface area contributed by atoms with Crippen molar-refractivity contribution in [3.8, 4) is 11.5 Å². The van der Waals surface area contributed by atoms with Gasteiger partial charge in [-0.1, -0.05) is 29.3 Å². The average Bonchev–Trinajstić information content (AvgIpc) is 2.76. The molecule has 0 saturated carbocycles. The minimum Gasteiger partial charge on any atom is -0.434 e. The Morgan fingerprint density at radius 2 is 2.00 bits per heavy atom. The van der Waals surface area contributed by atoms with Crippen LogP contribution in [0.15, 0.2) is 34.7 Å². The first-order valence-corrected chi connectivity index (χ1v) is 6.43. The lowest BCUT2D eigenvalue weighted by Gasteiger charge is -2.00. The molecule has 5 heteroatoms. The van der Waals surface area contributed by atoms with Gasteiger partial charge in [-0.2, -0.15) is 0 Å². The molecule has 1 heterocycles. The van der Waals surface area contributed by atoms with Gasteiger partial charge >= 0.3 is 0 Å². The van der Waals surface area contributed by atoms with Crippen molar-refractivity contribution in [1.29, 1.82) is 0 Å². The van der Waals surface area contributed by atoms with Crippen molar-refractivity contribution in [2.75, 3.05) is 5.73 Å². The predicted molar refractivity (Wildman–Crippen MR) is 78.6 cm³/mol. The number of hydrogen-bond acceptors (Lipinski definition) is 3. The minimum absolute atomic E-state index is 0.416.